The van der Waals surface area contributed by atoms with E-state index in [2.05, 4.69) is 0 Å². The molecule has 0 aromatic carbocycles. The number of nitrogens with zero attached hydrogens (tertiary/aromatic N) is 2. The van der Waals surface area contributed by atoms with Crippen LogP contribution in [0.1, 0.15) is 5.82 Å². The molecule has 0 spiro atoms. The number of imidazole rings is 1. The molecule has 3 nitrogen and oxygen atoms in total. The van der Waals surface area contributed by atoms with E-state index in [4.69, 9.17) is 5.11 Å². The van der Waals surface area contributed by atoms with E-state index in [0.717, 1.165) is 0 Å². The molecule has 0 aliphatic carbocycles. The van der Waals surface area contributed by atoms with Crippen LogP contribution in [0, 0.1) is 11.9 Å². The molecular formula is C11HF20N2O+. The molecule has 0 amide bonds. The molecule has 1 heterocycles. The number of alkyl halides is 17. The van der Waals surface area contributed by atoms with Gasteiger partial charge in [0.1, 0.15) is 0 Å². The molecule has 0 unspecified atom stereocenters. The molecule has 0 saturated heterocycles. The molecule has 0 atom stereocenters. The summed E-state index contributed by atoms with van der Waals surface area (Å²) in [4.78, 5) is -3.20. The molecule has 0 bridgehead atoms. The third-order valence-corrected chi connectivity index (χ3v) is 3.79. The van der Waals surface area contributed by atoms with Crippen molar-refractivity contribution in [1.82, 2.24) is 4.79 Å². The first-order chi connectivity index (χ1) is 14.5. The third-order valence-electron chi connectivity index (χ3n) is 3.79. The lowest BCUT2D eigenvalue weighted by atomic mass is 9.93. The Morgan fingerprint density at radius 2 is 0.941 bits per heavy atom. The van der Waals surface area contributed by atoms with Crippen molar-refractivity contribution < 1.29 is 97.6 Å². The van der Waals surface area contributed by atoms with Gasteiger partial charge >= 0.3 is 65.7 Å². The normalized spacial score (nSPS) is 15.8. The van der Waals surface area contributed by atoms with E-state index < -0.39 is 75.0 Å². The van der Waals surface area contributed by atoms with Crippen molar-refractivity contribution >= 4 is 0 Å². The van der Waals surface area contributed by atoms with Gasteiger partial charge in [-0.2, -0.15) is 79.0 Å². The predicted octanol–water partition coefficient (Wildman–Crippen LogP) is 5.12. The van der Waals surface area contributed by atoms with E-state index in [9.17, 15) is 87.9 Å². The predicted molar refractivity (Wildman–Crippen MR) is 58.1 cm³/mol. The Morgan fingerprint density at radius 3 is 1.26 bits per heavy atom. The van der Waals surface area contributed by atoms with Gasteiger partial charge in [-0.05, 0) is 0 Å². The minimum absolute atomic E-state index is 3.20. The minimum atomic E-state index is -8.76. The highest BCUT2D eigenvalue weighted by Crippen LogP contribution is 2.62. The Morgan fingerprint density at radius 1 is 0.588 bits per heavy atom. The van der Waals surface area contributed by atoms with Crippen molar-refractivity contribution in [3.8, 4) is 0 Å². The van der Waals surface area contributed by atoms with E-state index in [1.165, 1.54) is 0 Å². The highest BCUT2D eigenvalue weighted by atomic mass is 19.4. The lowest BCUT2D eigenvalue weighted by molar-refractivity contribution is -0.881. The van der Waals surface area contributed by atoms with E-state index in [0.29, 0.717) is 0 Å². The number of halogens is 20. The van der Waals surface area contributed by atoms with Crippen LogP contribution >= 0.6 is 0 Å². The Kier molecular flexibility index (Phi) is 6.47. The molecule has 1 aromatic rings. The zero-order valence-electron chi connectivity index (χ0n) is 14.4. The number of aliphatic hydroxyl groups is 1. The van der Waals surface area contributed by atoms with E-state index in [1.807, 2.05) is 0 Å². The molecule has 23 heteroatoms. The number of hydrogen-bond acceptors (Lipinski definition) is 1. The second-order valence-corrected chi connectivity index (χ2v) is 5.97. The van der Waals surface area contributed by atoms with Crippen LogP contribution in [-0.4, -0.2) is 45.9 Å². The molecule has 0 aliphatic rings. The number of aromatic nitrogens is 2. The fourth-order valence-electron chi connectivity index (χ4n) is 2.01. The topological polar surface area (TPSA) is 29.0 Å². The van der Waals surface area contributed by atoms with Crippen molar-refractivity contribution in [1.29, 1.82) is 0 Å². The molecule has 0 fully saturated rings. The quantitative estimate of drug-likeness (QED) is 0.367. The maximum atomic E-state index is 13.9. The van der Waals surface area contributed by atoms with Gasteiger partial charge < -0.3 is 5.11 Å². The monoisotopic (exact) mass is 557 g/mol. The highest BCUT2D eigenvalue weighted by Gasteiger charge is 2.93. The van der Waals surface area contributed by atoms with Crippen molar-refractivity contribution in [2.45, 2.75) is 47.9 Å². The number of hydrogen-bond donors (Lipinski definition) is 1. The second kappa shape index (κ2) is 7.38. The molecule has 0 radical (unpaired) electrons. The molecule has 200 valence electrons. The van der Waals surface area contributed by atoms with Gasteiger partial charge in [0.15, 0.2) is 0 Å². The van der Waals surface area contributed by atoms with Crippen LogP contribution in [0.25, 0.3) is 0 Å². The standard InChI is InChI=1S/C11HF20N2O/c12-1-2(13)33(31)3(32(1)10(27,28)11(29,30)34)4(14,15)5(16,17)6(18,19)7(20,21)8(22,23)9(24,25)26/h34H/q+1. The minimum Gasteiger partial charge on any atom is -0.328 e. The summed E-state index contributed by atoms with van der Waals surface area (Å²) in [5.74, 6) is -55.4. The van der Waals surface area contributed by atoms with Gasteiger partial charge in [0.05, 0.1) is 0 Å². The summed E-state index contributed by atoms with van der Waals surface area (Å²) in [6, 6.07) is -7.24. The summed E-state index contributed by atoms with van der Waals surface area (Å²) in [5, 5.41) is 7.85. The van der Waals surface area contributed by atoms with Crippen LogP contribution in [0.4, 0.5) is 87.9 Å². The molecule has 34 heavy (non-hydrogen) atoms. The third kappa shape index (κ3) is 3.51. The van der Waals surface area contributed by atoms with Crippen LogP contribution in [0.2, 0.25) is 0 Å². The van der Waals surface area contributed by atoms with Gasteiger partial charge in [-0.15, -0.1) is 8.96 Å². The fourth-order valence-corrected chi connectivity index (χ4v) is 2.01. The SMILES string of the molecule is OC(F)(F)C(F)(F)[n+]1c(F)c(F)n(F)c1C(F)(F)C(F)(F)C(F)(F)C(F)(F)C(F)(F)C(F)(F)F. The van der Waals surface area contributed by atoms with Crippen molar-refractivity contribution in [3.63, 3.8) is 0 Å². The lowest BCUT2D eigenvalue weighted by Gasteiger charge is -2.38. The van der Waals surface area contributed by atoms with Crippen molar-refractivity contribution in [3.05, 3.63) is 17.7 Å². The summed E-state index contributed by atoms with van der Waals surface area (Å²) in [6.07, 6.45) is -14.9. The summed E-state index contributed by atoms with van der Waals surface area (Å²) >= 11 is 0. The summed E-state index contributed by atoms with van der Waals surface area (Å²) in [7, 11) is 0. The average molecular weight is 557 g/mol. The molecule has 0 saturated carbocycles. The van der Waals surface area contributed by atoms with Crippen LogP contribution in [0.3, 0.4) is 0 Å². The van der Waals surface area contributed by atoms with Gasteiger partial charge in [-0.3, -0.25) is 0 Å². The van der Waals surface area contributed by atoms with Crippen LogP contribution in [-0.2, 0) is 12.0 Å². The largest absolute Gasteiger partial charge is 0.494 e. The maximum absolute atomic E-state index is 13.9. The van der Waals surface area contributed by atoms with Gasteiger partial charge in [0, 0.05) is 9.27 Å². The Labute approximate surface area is 169 Å². The molecule has 1 aromatic heterocycles. The molecule has 1 rings (SSSR count). The fraction of sp³-hybridized carbons (Fsp3) is 0.727. The van der Waals surface area contributed by atoms with Crippen LogP contribution < -0.4 is 4.57 Å². The zero-order valence-corrected chi connectivity index (χ0v) is 14.4. The molecule has 1 N–H and O–H groups in total. The smallest absolute Gasteiger partial charge is 0.328 e. The lowest BCUT2D eigenvalue weighted by Crippen LogP contribution is -2.72. The zero-order chi connectivity index (χ0) is 27.9. The second-order valence-electron chi connectivity index (χ2n) is 5.97. The van der Waals surface area contributed by atoms with E-state index >= 15 is 0 Å². The average Bonchev–Trinajstić information content (AvgIpc) is 2.83. The van der Waals surface area contributed by atoms with Gasteiger partial charge in [0.2, 0.25) is 0 Å². The van der Waals surface area contributed by atoms with Gasteiger partial charge in [0.25, 0.3) is 0 Å². The number of rotatable bonds is 7. The first-order valence-corrected chi connectivity index (χ1v) is 7.10. The van der Waals surface area contributed by atoms with Crippen molar-refractivity contribution in [2.24, 2.45) is 0 Å². The van der Waals surface area contributed by atoms with Crippen LogP contribution in [0.5, 0.6) is 0 Å². The Bertz CT molecular complexity index is 936. The van der Waals surface area contributed by atoms with Crippen molar-refractivity contribution in [2.75, 3.05) is 0 Å². The highest BCUT2D eigenvalue weighted by molar-refractivity contribution is 5.14. The van der Waals surface area contributed by atoms with Gasteiger partial charge in [-0.25, -0.2) is 0 Å². The van der Waals surface area contributed by atoms with E-state index in [-0.39, 0.29) is 0 Å². The van der Waals surface area contributed by atoms with Crippen LogP contribution in [0.15, 0.2) is 0 Å². The summed E-state index contributed by atoms with van der Waals surface area (Å²) in [5.41, 5.74) is 0. The first kappa shape index (κ1) is 29.8. The Balaban J connectivity index is 4.05. The molecule has 0 aliphatic heterocycles. The molecular weight excluding hydrogens is 556 g/mol. The summed E-state index contributed by atoms with van der Waals surface area (Å²) in [6.45, 7) is 0. The summed E-state index contributed by atoms with van der Waals surface area (Å²) < 4.78 is 258. The van der Waals surface area contributed by atoms with Gasteiger partial charge in [-0.1, -0.05) is 0 Å². The first-order valence-electron chi connectivity index (χ1n) is 7.10. The maximum Gasteiger partial charge on any atom is 0.494 e. The Hall–Kier alpha value is -2.23. The van der Waals surface area contributed by atoms with E-state index in [1.54, 1.807) is 0 Å².